The second-order valence-corrected chi connectivity index (χ2v) is 4.12. The molecule has 0 radical (unpaired) electrons. The minimum atomic E-state index is -0.328. The Morgan fingerprint density at radius 1 is 1.37 bits per heavy atom. The lowest BCUT2D eigenvalue weighted by atomic mass is 10.2. The molecule has 19 heavy (non-hydrogen) atoms. The van der Waals surface area contributed by atoms with E-state index in [0.29, 0.717) is 12.1 Å². The first-order valence-electron chi connectivity index (χ1n) is 5.63. The monoisotopic (exact) mass is 260 g/mol. The van der Waals surface area contributed by atoms with Crippen molar-refractivity contribution in [1.29, 1.82) is 0 Å². The van der Waals surface area contributed by atoms with E-state index in [1.54, 1.807) is 19.2 Å². The van der Waals surface area contributed by atoms with Crippen molar-refractivity contribution in [1.82, 2.24) is 14.9 Å². The number of nitrogens with two attached hydrogens (primary N) is 1. The minimum absolute atomic E-state index is 0.202. The number of carbonyl (C=O) groups excluding carboxylic acids is 1. The lowest BCUT2D eigenvalue weighted by Gasteiger charge is -2.16. The Kier molecular flexibility index (Phi) is 3.70. The van der Waals surface area contributed by atoms with Gasteiger partial charge in [0, 0.05) is 13.6 Å². The van der Waals surface area contributed by atoms with Crippen LogP contribution < -0.4 is 5.73 Å². The Morgan fingerprint density at radius 3 is 2.79 bits per heavy atom. The highest BCUT2D eigenvalue weighted by Crippen LogP contribution is 2.08. The fourth-order valence-electron chi connectivity index (χ4n) is 1.62. The average molecular weight is 260 g/mol. The maximum Gasteiger partial charge on any atom is 0.274 e. The zero-order valence-electron chi connectivity index (χ0n) is 10.4. The van der Waals surface area contributed by atoms with Crippen molar-refractivity contribution in [2.24, 2.45) is 0 Å². The summed E-state index contributed by atoms with van der Waals surface area (Å²) in [6, 6.07) is 6.10. The van der Waals surface area contributed by atoms with Gasteiger partial charge in [0.2, 0.25) is 0 Å². The maximum atomic E-state index is 13.0. The van der Waals surface area contributed by atoms with Crippen LogP contribution in [0.3, 0.4) is 0 Å². The van der Waals surface area contributed by atoms with Gasteiger partial charge < -0.3 is 10.6 Å². The molecule has 0 saturated heterocycles. The SMILES string of the molecule is CN(Cc1cccc(F)c1)C(=O)c1cnc(N)cn1. The zero-order chi connectivity index (χ0) is 13.8. The van der Waals surface area contributed by atoms with Crippen LogP contribution in [-0.2, 0) is 6.54 Å². The summed E-state index contributed by atoms with van der Waals surface area (Å²) >= 11 is 0. The predicted molar refractivity (Wildman–Crippen MR) is 68.6 cm³/mol. The minimum Gasteiger partial charge on any atom is -0.382 e. The number of rotatable bonds is 3. The maximum absolute atomic E-state index is 13.0. The summed E-state index contributed by atoms with van der Waals surface area (Å²) in [5.74, 6) is -0.369. The summed E-state index contributed by atoms with van der Waals surface area (Å²) in [4.78, 5) is 21.2. The normalized spacial score (nSPS) is 10.2. The molecule has 5 nitrogen and oxygen atoms in total. The molecule has 0 aliphatic carbocycles. The van der Waals surface area contributed by atoms with E-state index >= 15 is 0 Å². The van der Waals surface area contributed by atoms with Crippen LogP contribution >= 0.6 is 0 Å². The highest BCUT2D eigenvalue weighted by molar-refractivity contribution is 5.91. The Balaban J connectivity index is 2.09. The third-order valence-electron chi connectivity index (χ3n) is 2.55. The number of amides is 1. The number of nitrogens with zero attached hydrogens (tertiary/aromatic N) is 3. The van der Waals surface area contributed by atoms with E-state index in [-0.39, 0.29) is 23.2 Å². The van der Waals surface area contributed by atoms with E-state index in [2.05, 4.69) is 9.97 Å². The van der Waals surface area contributed by atoms with Crippen LogP contribution in [0, 0.1) is 5.82 Å². The van der Waals surface area contributed by atoms with Gasteiger partial charge >= 0.3 is 0 Å². The van der Waals surface area contributed by atoms with Gasteiger partial charge in [0.15, 0.2) is 0 Å². The highest BCUT2D eigenvalue weighted by atomic mass is 19.1. The van der Waals surface area contributed by atoms with E-state index in [9.17, 15) is 9.18 Å². The number of carbonyl (C=O) groups is 1. The van der Waals surface area contributed by atoms with Gasteiger partial charge in [0.25, 0.3) is 5.91 Å². The quantitative estimate of drug-likeness (QED) is 0.907. The van der Waals surface area contributed by atoms with E-state index < -0.39 is 0 Å². The summed E-state index contributed by atoms with van der Waals surface area (Å²) in [6.07, 6.45) is 2.64. The fraction of sp³-hybridized carbons (Fsp3) is 0.154. The molecule has 0 atom stereocenters. The van der Waals surface area contributed by atoms with Crippen molar-refractivity contribution in [3.05, 3.63) is 53.7 Å². The zero-order valence-corrected chi connectivity index (χ0v) is 10.4. The first-order valence-corrected chi connectivity index (χ1v) is 5.63. The molecule has 1 heterocycles. The standard InChI is InChI=1S/C13H13FN4O/c1-18(8-9-3-2-4-10(14)5-9)13(19)11-6-17-12(15)7-16-11/h2-7H,8H2,1H3,(H2,15,17). The number of hydrogen-bond donors (Lipinski definition) is 1. The molecule has 1 amide bonds. The molecular weight excluding hydrogens is 247 g/mol. The number of hydrogen-bond acceptors (Lipinski definition) is 4. The molecule has 98 valence electrons. The Bertz CT molecular complexity index is 585. The second-order valence-electron chi connectivity index (χ2n) is 4.12. The van der Waals surface area contributed by atoms with Crippen LogP contribution in [0.1, 0.15) is 16.1 Å². The third-order valence-corrected chi connectivity index (χ3v) is 2.55. The molecule has 0 bridgehead atoms. The van der Waals surface area contributed by atoms with Gasteiger partial charge in [-0.3, -0.25) is 4.79 Å². The van der Waals surface area contributed by atoms with Gasteiger partial charge in [-0.15, -0.1) is 0 Å². The fourth-order valence-corrected chi connectivity index (χ4v) is 1.62. The van der Waals surface area contributed by atoms with Gasteiger partial charge in [-0.2, -0.15) is 0 Å². The largest absolute Gasteiger partial charge is 0.382 e. The number of halogens is 1. The number of aromatic nitrogens is 2. The van der Waals surface area contributed by atoms with Crippen LogP contribution in [0.4, 0.5) is 10.2 Å². The molecule has 1 aromatic heterocycles. The summed E-state index contributed by atoms with van der Waals surface area (Å²) in [7, 11) is 1.62. The number of nitrogen functional groups attached to an aromatic ring is 1. The molecule has 2 rings (SSSR count). The van der Waals surface area contributed by atoms with Crippen LogP contribution in [0.2, 0.25) is 0 Å². The molecule has 2 aromatic rings. The van der Waals surface area contributed by atoms with Crippen molar-refractivity contribution in [2.45, 2.75) is 6.54 Å². The van der Waals surface area contributed by atoms with Crippen molar-refractivity contribution < 1.29 is 9.18 Å². The molecule has 0 unspecified atom stereocenters. The summed E-state index contributed by atoms with van der Waals surface area (Å²) in [5, 5.41) is 0. The molecule has 0 saturated carbocycles. The molecule has 0 aliphatic rings. The highest BCUT2D eigenvalue weighted by Gasteiger charge is 2.13. The molecule has 0 aliphatic heterocycles. The molecule has 6 heteroatoms. The summed E-state index contributed by atoms with van der Waals surface area (Å²) < 4.78 is 13.0. The molecule has 0 fully saturated rings. The van der Waals surface area contributed by atoms with Crippen LogP contribution in [0.5, 0.6) is 0 Å². The number of benzene rings is 1. The first kappa shape index (κ1) is 12.9. The smallest absolute Gasteiger partial charge is 0.274 e. The number of anilines is 1. The molecule has 2 N–H and O–H groups in total. The van der Waals surface area contributed by atoms with E-state index in [0.717, 1.165) is 0 Å². The van der Waals surface area contributed by atoms with Crippen molar-refractivity contribution >= 4 is 11.7 Å². The molecular formula is C13H13FN4O. The van der Waals surface area contributed by atoms with E-state index in [1.165, 1.54) is 29.4 Å². The summed E-state index contributed by atoms with van der Waals surface area (Å²) in [6.45, 7) is 0.294. The molecule has 1 aromatic carbocycles. The van der Waals surface area contributed by atoms with E-state index in [4.69, 9.17) is 5.73 Å². The van der Waals surface area contributed by atoms with Crippen molar-refractivity contribution in [3.8, 4) is 0 Å². The average Bonchev–Trinajstić information content (AvgIpc) is 2.39. The third kappa shape index (κ3) is 3.25. The second kappa shape index (κ2) is 5.43. The van der Waals surface area contributed by atoms with Crippen molar-refractivity contribution in [3.63, 3.8) is 0 Å². The van der Waals surface area contributed by atoms with E-state index in [1.807, 2.05) is 0 Å². The van der Waals surface area contributed by atoms with Gasteiger partial charge in [-0.1, -0.05) is 12.1 Å². The first-order chi connectivity index (χ1) is 9.06. The lowest BCUT2D eigenvalue weighted by molar-refractivity contribution is 0.0778. The Labute approximate surface area is 109 Å². The van der Waals surface area contributed by atoms with Gasteiger partial charge in [-0.05, 0) is 17.7 Å². The Morgan fingerprint density at radius 2 is 2.16 bits per heavy atom. The lowest BCUT2D eigenvalue weighted by Crippen LogP contribution is -2.27. The van der Waals surface area contributed by atoms with Crippen LogP contribution in [-0.4, -0.2) is 27.8 Å². The topological polar surface area (TPSA) is 72.1 Å². The van der Waals surface area contributed by atoms with Gasteiger partial charge in [0.1, 0.15) is 17.3 Å². The van der Waals surface area contributed by atoms with Crippen molar-refractivity contribution in [2.75, 3.05) is 12.8 Å². The molecule has 0 spiro atoms. The van der Waals surface area contributed by atoms with Crippen LogP contribution in [0.15, 0.2) is 36.7 Å². The predicted octanol–water partition coefficient (Wildman–Crippen LogP) is 1.47. The van der Waals surface area contributed by atoms with Gasteiger partial charge in [0.05, 0.1) is 12.4 Å². The van der Waals surface area contributed by atoms with Crippen LogP contribution in [0.25, 0.3) is 0 Å². The van der Waals surface area contributed by atoms with Gasteiger partial charge in [-0.25, -0.2) is 14.4 Å². The summed E-state index contributed by atoms with van der Waals surface area (Å²) in [5.41, 5.74) is 6.31. The Hall–Kier alpha value is -2.50.